The Morgan fingerprint density at radius 2 is 1.79 bits per heavy atom. The lowest BCUT2D eigenvalue weighted by Crippen LogP contribution is -2.13. The Balaban J connectivity index is 2.83. The molecule has 0 atom stereocenters. The van der Waals surface area contributed by atoms with Gasteiger partial charge in [-0.3, -0.25) is 0 Å². The number of hydrogen-bond donors (Lipinski definition) is 0. The van der Waals surface area contributed by atoms with Crippen molar-refractivity contribution >= 4 is 23.2 Å². The van der Waals surface area contributed by atoms with Gasteiger partial charge in [-0.1, -0.05) is 56.5 Å². The van der Waals surface area contributed by atoms with E-state index in [1.165, 1.54) is 5.56 Å². The van der Waals surface area contributed by atoms with Crippen LogP contribution in [0.25, 0.3) is 0 Å². The minimum Gasteiger partial charge on any atom is -0.0827 e. The van der Waals surface area contributed by atoms with E-state index < -0.39 is 0 Å². The molecule has 0 nitrogen and oxygen atoms in total. The summed E-state index contributed by atoms with van der Waals surface area (Å²) in [5.74, 6) is 0. The van der Waals surface area contributed by atoms with Crippen LogP contribution in [0.1, 0.15) is 32.8 Å². The second kappa shape index (κ2) is 4.55. The molecule has 0 aliphatic carbocycles. The Hall–Kier alpha value is -0.200. The third-order valence-electron chi connectivity index (χ3n) is 2.62. The zero-order valence-electron chi connectivity index (χ0n) is 8.90. The van der Waals surface area contributed by atoms with Crippen LogP contribution < -0.4 is 0 Å². The standard InChI is InChI=1S/C12H16Cl2/c1-4-12(2,3)8-9-5-6-10(13)11(14)7-9/h5-7H,4,8H2,1-3H3. The van der Waals surface area contributed by atoms with Crippen molar-refractivity contribution in [2.24, 2.45) is 5.41 Å². The maximum absolute atomic E-state index is 5.95. The van der Waals surface area contributed by atoms with Crippen molar-refractivity contribution in [2.45, 2.75) is 33.6 Å². The molecule has 14 heavy (non-hydrogen) atoms. The van der Waals surface area contributed by atoms with Crippen LogP contribution in [-0.2, 0) is 6.42 Å². The van der Waals surface area contributed by atoms with Gasteiger partial charge in [-0.2, -0.15) is 0 Å². The van der Waals surface area contributed by atoms with Gasteiger partial charge in [0.2, 0.25) is 0 Å². The summed E-state index contributed by atoms with van der Waals surface area (Å²) in [6.45, 7) is 6.72. The van der Waals surface area contributed by atoms with Crippen molar-refractivity contribution in [3.63, 3.8) is 0 Å². The van der Waals surface area contributed by atoms with Crippen molar-refractivity contribution in [1.29, 1.82) is 0 Å². The number of benzene rings is 1. The van der Waals surface area contributed by atoms with Crippen LogP contribution in [0.5, 0.6) is 0 Å². The first-order valence-corrected chi connectivity index (χ1v) is 5.64. The SMILES string of the molecule is CCC(C)(C)Cc1ccc(Cl)c(Cl)c1. The van der Waals surface area contributed by atoms with E-state index >= 15 is 0 Å². The summed E-state index contributed by atoms with van der Waals surface area (Å²) >= 11 is 11.8. The molecule has 2 heteroatoms. The molecule has 0 radical (unpaired) electrons. The van der Waals surface area contributed by atoms with E-state index in [-0.39, 0.29) is 0 Å². The minimum atomic E-state index is 0.331. The average Bonchev–Trinajstić information content (AvgIpc) is 2.11. The fourth-order valence-corrected chi connectivity index (χ4v) is 1.65. The van der Waals surface area contributed by atoms with E-state index in [2.05, 4.69) is 20.8 Å². The van der Waals surface area contributed by atoms with Gasteiger partial charge >= 0.3 is 0 Å². The third-order valence-corrected chi connectivity index (χ3v) is 3.36. The summed E-state index contributed by atoms with van der Waals surface area (Å²) in [5, 5.41) is 1.28. The average molecular weight is 231 g/mol. The van der Waals surface area contributed by atoms with Crippen molar-refractivity contribution in [3.05, 3.63) is 33.8 Å². The van der Waals surface area contributed by atoms with Crippen LogP contribution >= 0.6 is 23.2 Å². The summed E-state index contributed by atoms with van der Waals surface area (Å²) in [6.07, 6.45) is 2.20. The monoisotopic (exact) mass is 230 g/mol. The van der Waals surface area contributed by atoms with Gasteiger partial charge in [-0.25, -0.2) is 0 Å². The Kier molecular flexibility index (Phi) is 3.86. The van der Waals surface area contributed by atoms with Crippen LogP contribution in [0.3, 0.4) is 0 Å². The van der Waals surface area contributed by atoms with Crippen LogP contribution in [-0.4, -0.2) is 0 Å². The molecule has 0 aliphatic rings. The predicted octanol–water partition coefficient (Wildman–Crippen LogP) is 4.97. The van der Waals surface area contributed by atoms with Gasteiger partial charge in [0.1, 0.15) is 0 Å². The zero-order valence-corrected chi connectivity index (χ0v) is 10.4. The molecule has 0 saturated carbocycles. The van der Waals surface area contributed by atoms with E-state index in [0.29, 0.717) is 15.5 Å². The lowest BCUT2D eigenvalue weighted by atomic mass is 9.83. The van der Waals surface area contributed by atoms with E-state index in [9.17, 15) is 0 Å². The summed E-state index contributed by atoms with van der Waals surface area (Å²) in [4.78, 5) is 0. The molecule has 78 valence electrons. The molecule has 0 fully saturated rings. The van der Waals surface area contributed by atoms with Crippen LogP contribution in [0, 0.1) is 5.41 Å². The van der Waals surface area contributed by atoms with Gasteiger partial charge in [-0.15, -0.1) is 0 Å². The second-order valence-corrected chi connectivity index (χ2v) is 5.26. The summed E-state index contributed by atoms with van der Waals surface area (Å²) in [7, 11) is 0. The molecule has 0 N–H and O–H groups in total. The molecule has 0 unspecified atom stereocenters. The van der Waals surface area contributed by atoms with Crippen LogP contribution in [0.15, 0.2) is 18.2 Å². The molecule has 0 heterocycles. The Labute approximate surface area is 96.2 Å². The van der Waals surface area contributed by atoms with Crippen LogP contribution in [0.2, 0.25) is 10.0 Å². The van der Waals surface area contributed by atoms with E-state index in [4.69, 9.17) is 23.2 Å². The number of rotatable bonds is 3. The molecular weight excluding hydrogens is 215 g/mol. The lowest BCUT2D eigenvalue weighted by Gasteiger charge is -2.22. The van der Waals surface area contributed by atoms with Crippen molar-refractivity contribution in [3.8, 4) is 0 Å². The third kappa shape index (κ3) is 3.18. The zero-order chi connectivity index (χ0) is 10.8. The normalized spacial score (nSPS) is 11.8. The molecule has 0 spiro atoms. The molecule has 0 amide bonds. The van der Waals surface area contributed by atoms with E-state index in [1.54, 1.807) is 0 Å². The van der Waals surface area contributed by atoms with Gasteiger partial charge in [0.05, 0.1) is 10.0 Å². The Morgan fingerprint density at radius 3 is 2.29 bits per heavy atom. The number of halogens is 2. The van der Waals surface area contributed by atoms with Gasteiger partial charge in [0, 0.05) is 0 Å². The summed E-state index contributed by atoms with van der Waals surface area (Å²) < 4.78 is 0. The van der Waals surface area contributed by atoms with Gasteiger partial charge < -0.3 is 0 Å². The highest BCUT2D eigenvalue weighted by molar-refractivity contribution is 6.42. The first-order chi connectivity index (χ1) is 6.44. The fraction of sp³-hybridized carbons (Fsp3) is 0.500. The molecule has 0 aromatic heterocycles. The highest BCUT2D eigenvalue weighted by Crippen LogP contribution is 2.29. The van der Waals surface area contributed by atoms with Crippen molar-refractivity contribution in [2.75, 3.05) is 0 Å². The van der Waals surface area contributed by atoms with Crippen molar-refractivity contribution in [1.82, 2.24) is 0 Å². The fourth-order valence-electron chi connectivity index (χ4n) is 1.33. The number of hydrogen-bond acceptors (Lipinski definition) is 0. The summed E-state index contributed by atoms with van der Waals surface area (Å²) in [6, 6.07) is 5.87. The van der Waals surface area contributed by atoms with E-state index in [1.807, 2.05) is 18.2 Å². The van der Waals surface area contributed by atoms with E-state index in [0.717, 1.165) is 12.8 Å². The molecule has 0 bridgehead atoms. The Morgan fingerprint density at radius 1 is 1.14 bits per heavy atom. The summed E-state index contributed by atoms with van der Waals surface area (Å²) in [5.41, 5.74) is 1.59. The molecular formula is C12H16Cl2. The maximum atomic E-state index is 5.95. The highest BCUT2D eigenvalue weighted by Gasteiger charge is 2.15. The predicted molar refractivity (Wildman–Crippen MR) is 64.2 cm³/mol. The first-order valence-electron chi connectivity index (χ1n) is 4.88. The molecule has 0 aliphatic heterocycles. The maximum Gasteiger partial charge on any atom is 0.0595 e. The smallest absolute Gasteiger partial charge is 0.0595 e. The second-order valence-electron chi connectivity index (χ2n) is 4.44. The molecule has 1 rings (SSSR count). The van der Waals surface area contributed by atoms with Gasteiger partial charge in [0.15, 0.2) is 0 Å². The lowest BCUT2D eigenvalue weighted by molar-refractivity contribution is 0.349. The van der Waals surface area contributed by atoms with Crippen LogP contribution in [0.4, 0.5) is 0 Å². The highest BCUT2D eigenvalue weighted by atomic mass is 35.5. The Bertz CT molecular complexity index is 316. The quantitative estimate of drug-likeness (QED) is 0.688. The minimum absolute atomic E-state index is 0.331. The largest absolute Gasteiger partial charge is 0.0827 e. The van der Waals surface area contributed by atoms with Gasteiger partial charge in [0.25, 0.3) is 0 Å². The first kappa shape index (κ1) is 11.9. The van der Waals surface area contributed by atoms with Crippen molar-refractivity contribution < 1.29 is 0 Å². The topological polar surface area (TPSA) is 0 Å². The molecule has 1 aromatic carbocycles. The molecule has 0 saturated heterocycles. The van der Waals surface area contributed by atoms with Gasteiger partial charge in [-0.05, 0) is 29.5 Å². The molecule has 1 aromatic rings.